The fourth-order valence-corrected chi connectivity index (χ4v) is 2.24. The predicted octanol–water partition coefficient (Wildman–Crippen LogP) is 1.48. The first kappa shape index (κ1) is 15.7. The third-order valence-electron chi connectivity index (χ3n) is 3.36. The zero-order chi connectivity index (χ0) is 15.4. The van der Waals surface area contributed by atoms with Gasteiger partial charge >= 0.3 is 6.61 Å². The highest BCUT2D eigenvalue weighted by Crippen LogP contribution is 2.24. The maximum atomic E-state index is 12.6. The quantitative estimate of drug-likeness (QED) is 0.914. The van der Waals surface area contributed by atoms with Crippen LogP contribution in [0.4, 0.5) is 8.78 Å². The number of morpholine rings is 1. The molecule has 1 aromatic carbocycles. The van der Waals surface area contributed by atoms with Gasteiger partial charge < -0.3 is 20.1 Å². The van der Waals surface area contributed by atoms with Gasteiger partial charge in [0.1, 0.15) is 5.75 Å². The van der Waals surface area contributed by atoms with Crippen LogP contribution in [0.2, 0.25) is 0 Å². The average molecular weight is 300 g/mol. The number of nitrogens with zero attached hydrogens (tertiary/aromatic N) is 1. The van der Waals surface area contributed by atoms with Gasteiger partial charge in [-0.3, -0.25) is 4.79 Å². The van der Waals surface area contributed by atoms with Crippen molar-refractivity contribution in [1.29, 1.82) is 0 Å². The molecule has 1 aliphatic rings. The molecule has 1 aliphatic heterocycles. The average Bonchev–Trinajstić information content (AvgIpc) is 2.47. The van der Waals surface area contributed by atoms with Gasteiger partial charge in [0, 0.05) is 13.1 Å². The number of alkyl halides is 2. The van der Waals surface area contributed by atoms with Gasteiger partial charge in [0.05, 0.1) is 24.3 Å². The van der Waals surface area contributed by atoms with Crippen molar-refractivity contribution in [3.63, 3.8) is 0 Å². The van der Waals surface area contributed by atoms with E-state index in [2.05, 4.69) is 4.74 Å². The normalized spacial score (nSPS) is 22.4. The van der Waals surface area contributed by atoms with E-state index in [1.807, 2.05) is 6.92 Å². The molecule has 2 atom stereocenters. The van der Waals surface area contributed by atoms with Crippen LogP contribution >= 0.6 is 0 Å². The summed E-state index contributed by atoms with van der Waals surface area (Å²) in [6.07, 6.45) is -0.242. The summed E-state index contributed by atoms with van der Waals surface area (Å²) in [6.45, 7) is -0.143. The molecule has 0 saturated carbocycles. The molecule has 0 aromatic heterocycles. The maximum absolute atomic E-state index is 12.6. The Kier molecular flexibility index (Phi) is 5.08. The molecule has 2 rings (SSSR count). The molecule has 2 unspecified atom stereocenters. The summed E-state index contributed by atoms with van der Waals surface area (Å²) >= 11 is 0. The first-order chi connectivity index (χ1) is 10.0. The van der Waals surface area contributed by atoms with E-state index in [-0.39, 0.29) is 29.4 Å². The lowest BCUT2D eigenvalue weighted by Crippen LogP contribution is -2.53. The van der Waals surface area contributed by atoms with Gasteiger partial charge in [-0.05, 0) is 19.1 Å². The van der Waals surface area contributed by atoms with Crippen LogP contribution in [0.3, 0.4) is 0 Å². The molecule has 0 aliphatic carbocycles. The molecule has 1 aromatic rings. The lowest BCUT2D eigenvalue weighted by Gasteiger charge is -2.37. The molecule has 1 heterocycles. The largest absolute Gasteiger partial charge is 0.434 e. The van der Waals surface area contributed by atoms with Crippen molar-refractivity contribution >= 4 is 5.91 Å². The van der Waals surface area contributed by atoms with Gasteiger partial charge in [0.15, 0.2) is 0 Å². The van der Waals surface area contributed by atoms with Gasteiger partial charge in [0.2, 0.25) is 0 Å². The first-order valence-electron chi connectivity index (χ1n) is 6.69. The van der Waals surface area contributed by atoms with E-state index in [4.69, 9.17) is 10.5 Å². The fourth-order valence-electron chi connectivity index (χ4n) is 2.24. The number of carbonyl (C=O) groups excluding carboxylic acids is 1. The second-order valence-electron chi connectivity index (χ2n) is 4.87. The molecule has 1 amide bonds. The second-order valence-corrected chi connectivity index (χ2v) is 4.87. The zero-order valence-electron chi connectivity index (χ0n) is 11.7. The lowest BCUT2D eigenvalue weighted by atomic mass is 10.1. The minimum atomic E-state index is -2.97. The van der Waals surface area contributed by atoms with Gasteiger partial charge in [-0.2, -0.15) is 8.78 Å². The molecule has 1 fully saturated rings. The van der Waals surface area contributed by atoms with Gasteiger partial charge in [0.25, 0.3) is 5.91 Å². The highest BCUT2D eigenvalue weighted by Gasteiger charge is 2.31. The number of para-hydroxylation sites is 1. The molecule has 0 radical (unpaired) electrons. The van der Waals surface area contributed by atoms with E-state index in [0.29, 0.717) is 19.7 Å². The third-order valence-corrected chi connectivity index (χ3v) is 3.36. The number of benzene rings is 1. The molecule has 0 spiro atoms. The van der Waals surface area contributed by atoms with E-state index >= 15 is 0 Å². The van der Waals surface area contributed by atoms with Crippen LogP contribution in [0.1, 0.15) is 17.3 Å². The Balaban J connectivity index is 2.22. The number of hydrogen-bond acceptors (Lipinski definition) is 4. The number of halogens is 2. The van der Waals surface area contributed by atoms with Crippen LogP contribution in [-0.4, -0.2) is 49.3 Å². The molecule has 21 heavy (non-hydrogen) atoms. The van der Waals surface area contributed by atoms with Crippen molar-refractivity contribution in [3.05, 3.63) is 29.8 Å². The fraction of sp³-hybridized carbons (Fsp3) is 0.500. The van der Waals surface area contributed by atoms with Crippen LogP contribution in [-0.2, 0) is 4.74 Å². The number of rotatable bonds is 4. The number of ether oxygens (including phenoxy) is 2. The topological polar surface area (TPSA) is 64.8 Å². The molecule has 2 N–H and O–H groups in total. The van der Waals surface area contributed by atoms with Gasteiger partial charge in [-0.1, -0.05) is 12.1 Å². The van der Waals surface area contributed by atoms with Gasteiger partial charge in [-0.25, -0.2) is 0 Å². The summed E-state index contributed by atoms with van der Waals surface area (Å²) < 4.78 is 34.7. The van der Waals surface area contributed by atoms with Gasteiger partial charge in [-0.15, -0.1) is 0 Å². The molecule has 7 heteroatoms. The number of nitrogens with two attached hydrogens (primary N) is 1. The lowest BCUT2D eigenvalue weighted by molar-refractivity contribution is -0.0522. The van der Waals surface area contributed by atoms with E-state index in [9.17, 15) is 13.6 Å². The van der Waals surface area contributed by atoms with Crippen molar-refractivity contribution in [2.45, 2.75) is 25.7 Å². The third kappa shape index (κ3) is 3.68. The van der Waals surface area contributed by atoms with Crippen LogP contribution in [0.15, 0.2) is 24.3 Å². The predicted molar refractivity (Wildman–Crippen MR) is 72.4 cm³/mol. The van der Waals surface area contributed by atoms with Crippen LogP contribution in [0.5, 0.6) is 5.75 Å². The van der Waals surface area contributed by atoms with Crippen molar-refractivity contribution < 1.29 is 23.0 Å². The van der Waals surface area contributed by atoms with Crippen molar-refractivity contribution in [3.8, 4) is 5.75 Å². The summed E-state index contributed by atoms with van der Waals surface area (Å²) in [4.78, 5) is 14.2. The Morgan fingerprint density at radius 3 is 2.90 bits per heavy atom. The SMILES string of the molecule is CC1COC(CN)CN1C(=O)c1ccccc1OC(F)F. The molecule has 1 saturated heterocycles. The number of hydrogen-bond donors (Lipinski definition) is 1. The Labute approximate surface area is 121 Å². The first-order valence-corrected chi connectivity index (χ1v) is 6.69. The minimum Gasteiger partial charge on any atom is -0.434 e. The smallest absolute Gasteiger partial charge is 0.387 e. The highest BCUT2D eigenvalue weighted by molar-refractivity contribution is 5.97. The van der Waals surface area contributed by atoms with Crippen LogP contribution in [0.25, 0.3) is 0 Å². The van der Waals surface area contributed by atoms with Crippen LogP contribution in [0, 0.1) is 0 Å². The molecule has 5 nitrogen and oxygen atoms in total. The molecular weight excluding hydrogens is 282 g/mol. The molecule has 116 valence electrons. The Hall–Kier alpha value is -1.73. The molecule has 0 bridgehead atoms. The number of amides is 1. The molecular formula is C14H18F2N2O3. The second kappa shape index (κ2) is 6.82. The van der Waals surface area contributed by atoms with E-state index in [1.54, 1.807) is 17.0 Å². The van der Waals surface area contributed by atoms with Crippen LogP contribution < -0.4 is 10.5 Å². The Morgan fingerprint density at radius 2 is 2.24 bits per heavy atom. The standard InChI is InChI=1S/C14H18F2N2O3/c1-9-8-20-10(6-17)7-18(9)13(19)11-4-2-3-5-12(11)21-14(15)16/h2-5,9-10,14H,6-8,17H2,1H3. The van der Waals surface area contributed by atoms with Crippen molar-refractivity contribution in [2.24, 2.45) is 5.73 Å². The maximum Gasteiger partial charge on any atom is 0.387 e. The van der Waals surface area contributed by atoms with E-state index in [1.165, 1.54) is 12.1 Å². The summed E-state index contributed by atoms with van der Waals surface area (Å²) in [7, 11) is 0. The summed E-state index contributed by atoms with van der Waals surface area (Å²) in [5, 5.41) is 0. The highest BCUT2D eigenvalue weighted by atomic mass is 19.3. The summed E-state index contributed by atoms with van der Waals surface area (Å²) in [5.74, 6) is -0.485. The summed E-state index contributed by atoms with van der Waals surface area (Å²) in [5.41, 5.74) is 5.67. The number of carbonyl (C=O) groups is 1. The summed E-state index contributed by atoms with van der Waals surface area (Å²) in [6, 6.07) is 5.82. The Morgan fingerprint density at radius 1 is 1.52 bits per heavy atom. The van der Waals surface area contributed by atoms with Crippen molar-refractivity contribution in [2.75, 3.05) is 19.7 Å². The monoisotopic (exact) mass is 300 g/mol. The minimum absolute atomic E-state index is 0.113. The van der Waals surface area contributed by atoms with Crippen molar-refractivity contribution in [1.82, 2.24) is 4.90 Å². The zero-order valence-corrected chi connectivity index (χ0v) is 11.7. The Bertz CT molecular complexity index is 499. The van der Waals surface area contributed by atoms with E-state index in [0.717, 1.165) is 0 Å². The van der Waals surface area contributed by atoms with E-state index < -0.39 is 6.61 Å².